The molecule has 0 saturated heterocycles. The summed E-state index contributed by atoms with van der Waals surface area (Å²) in [6.07, 6.45) is 13.0. The summed E-state index contributed by atoms with van der Waals surface area (Å²) in [5.74, 6) is 10.00. The Morgan fingerprint density at radius 2 is 0.802 bits per heavy atom. The lowest BCUT2D eigenvalue weighted by Crippen LogP contribution is -2.47. The summed E-state index contributed by atoms with van der Waals surface area (Å²) in [6.45, 7) is 17.4. The van der Waals surface area contributed by atoms with Crippen LogP contribution in [0.4, 0.5) is 17.5 Å². The van der Waals surface area contributed by atoms with Crippen molar-refractivity contribution in [1.82, 2.24) is 15.0 Å². The number of hydrogen-bond acceptors (Lipinski definition) is 9. The number of nitrogens with zero attached hydrogens (tertiary/aromatic N) is 9. The molecule has 3 aromatic carbocycles. The van der Waals surface area contributed by atoms with Crippen molar-refractivity contribution in [1.29, 1.82) is 0 Å². The van der Waals surface area contributed by atoms with Gasteiger partial charge in [0.15, 0.2) is 5.42 Å². The van der Waals surface area contributed by atoms with Crippen LogP contribution in [-0.2, 0) is 21.1 Å². The van der Waals surface area contributed by atoms with E-state index in [2.05, 4.69) is 281 Å². The molecule has 0 N–H and O–H groups in total. The maximum atomic E-state index is 6.09. The molecule has 0 amide bonds. The van der Waals surface area contributed by atoms with Crippen molar-refractivity contribution in [2.24, 2.45) is 21.1 Å². The molecule has 9 aromatic heterocycles. The molecule has 0 radical (unpaired) electrons. The molecule has 3 aliphatic rings. The minimum Gasteiger partial charge on any atom is -0.439 e. The first-order valence-electron chi connectivity index (χ1n) is 29.4. The summed E-state index contributed by atoms with van der Waals surface area (Å²) in [5, 5.41) is 6.50. The molecule has 0 unspecified atom stereocenters. The number of benzene rings is 3. The molecule has 12 heterocycles. The van der Waals surface area contributed by atoms with Gasteiger partial charge in [0.2, 0.25) is 17.1 Å². The monoisotopic (exact) mass is 1130 g/mol. The van der Waals surface area contributed by atoms with Gasteiger partial charge in [0.05, 0.1) is 73.3 Å². The predicted octanol–water partition coefficient (Wildman–Crippen LogP) is 9.10. The molecule has 0 atom stereocenters. The van der Waals surface area contributed by atoms with E-state index in [0.717, 1.165) is 82.6 Å². The van der Waals surface area contributed by atoms with Gasteiger partial charge in [-0.15, -0.1) is 0 Å². The maximum absolute atomic E-state index is 6.09. The Morgan fingerprint density at radius 1 is 0.372 bits per heavy atom. The van der Waals surface area contributed by atoms with Gasteiger partial charge in [-0.25, -0.2) is 28.7 Å². The van der Waals surface area contributed by atoms with Gasteiger partial charge in [0, 0.05) is 51.4 Å². The SMILES string of the molecule is CB1C=c2c(oc3nc(C)ccc23)=CN1c1cc(C)c(-c2ccccc2)c[n+]1C.CB1C=c2oc3nc(C)ccc3c2=CN1c1cc(-c2ccccc2)c(C)c[n+]1C.CB1C=c2oc3nc(C)ccc3c2=CN1c1cc(-c2ccccc2)cc[n+]1C. The summed E-state index contributed by atoms with van der Waals surface area (Å²) >= 11 is 0. The quantitative estimate of drug-likeness (QED) is 0.119. The average Bonchev–Trinajstić information content (AvgIpc) is 1.82. The van der Waals surface area contributed by atoms with Crippen LogP contribution < -0.4 is 60.0 Å². The van der Waals surface area contributed by atoms with E-state index in [0.29, 0.717) is 17.1 Å². The molecule has 420 valence electrons. The van der Waals surface area contributed by atoms with Crippen molar-refractivity contribution in [3.63, 3.8) is 0 Å². The van der Waals surface area contributed by atoms with Crippen molar-refractivity contribution in [2.75, 3.05) is 14.4 Å². The van der Waals surface area contributed by atoms with Gasteiger partial charge in [-0.1, -0.05) is 97.0 Å². The highest BCUT2D eigenvalue weighted by atomic mass is 16.3. The number of aromatic nitrogens is 6. The van der Waals surface area contributed by atoms with Crippen molar-refractivity contribution >= 4 is 108 Å². The van der Waals surface area contributed by atoms with E-state index in [-0.39, 0.29) is 20.5 Å². The summed E-state index contributed by atoms with van der Waals surface area (Å²) in [6, 6.07) is 52.9. The third-order valence-electron chi connectivity index (χ3n) is 16.7. The Kier molecular flexibility index (Phi) is 14.5. The maximum Gasteiger partial charge on any atom is 0.405 e. The molecule has 0 fully saturated rings. The first kappa shape index (κ1) is 55.2. The molecular formula is C71H67B3N9O3+3. The molecule has 15 rings (SSSR count). The van der Waals surface area contributed by atoms with Crippen molar-refractivity contribution in [3.05, 3.63) is 230 Å². The van der Waals surface area contributed by atoms with Gasteiger partial charge in [0.25, 0.3) is 17.5 Å². The highest BCUT2D eigenvalue weighted by Crippen LogP contribution is 2.29. The second-order valence-electron chi connectivity index (χ2n) is 23.0. The standard InChI is InChI=1S/2C24H23BN3O.C23H21BN3O/c1-16-14-27(4)23(12-20(16)18-8-6-5-7-9-18)28-15-21-19-11-10-17(2)26-24(19)29-22(21)13-25(28)3;1-16-12-23(27(4)14-21(16)18-8-6-5-7-9-18)28-15-22-20(13-25(28)3)19-11-10-17(2)26-24(19)29-22;1-16-9-10-19-20-15-27(24(2)14-21(20)28-23(19)25-16)22-13-18(11-12-26(22)3)17-7-5-4-6-8-17/h2*5-15H,1-4H3;4-15H,1-3H3/q3*+1. The van der Waals surface area contributed by atoms with Crippen LogP contribution in [0.3, 0.4) is 0 Å². The van der Waals surface area contributed by atoms with Gasteiger partial charge in [-0.2, -0.15) is 0 Å². The Morgan fingerprint density at radius 3 is 1.34 bits per heavy atom. The summed E-state index contributed by atoms with van der Waals surface area (Å²) in [5.41, 5.74) is 17.5. The summed E-state index contributed by atoms with van der Waals surface area (Å²) in [7, 11) is 6.28. The third-order valence-corrected chi connectivity index (χ3v) is 16.7. The number of rotatable bonds is 6. The Hall–Kier alpha value is -10.0. The Labute approximate surface area is 501 Å². The zero-order valence-corrected chi connectivity index (χ0v) is 50.6. The molecule has 15 heteroatoms. The van der Waals surface area contributed by atoms with Gasteiger partial charge in [-0.05, 0) is 148 Å². The van der Waals surface area contributed by atoms with E-state index >= 15 is 0 Å². The molecule has 12 aromatic rings. The fraction of sp³-hybridized carbons (Fsp3) is 0.155. The molecule has 0 bridgehead atoms. The van der Waals surface area contributed by atoms with Crippen LogP contribution >= 0.6 is 0 Å². The normalized spacial score (nSPS) is 13.2. The third kappa shape index (κ3) is 10.5. The molecule has 86 heavy (non-hydrogen) atoms. The number of aryl methyl sites for hydroxylation is 8. The van der Waals surface area contributed by atoms with Crippen molar-refractivity contribution in [2.45, 2.75) is 55.1 Å². The Balaban J connectivity index is 0.000000120. The van der Waals surface area contributed by atoms with E-state index in [4.69, 9.17) is 13.3 Å². The fourth-order valence-corrected chi connectivity index (χ4v) is 12.1. The highest BCUT2D eigenvalue weighted by molar-refractivity contribution is 6.78. The topological polar surface area (TPSA) is 99.5 Å². The zero-order chi connectivity index (χ0) is 59.5. The number of pyridine rings is 6. The van der Waals surface area contributed by atoms with Crippen LogP contribution in [0, 0.1) is 34.6 Å². The van der Waals surface area contributed by atoms with E-state index < -0.39 is 0 Å². The minimum atomic E-state index is 0.168. The van der Waals surface area contributed by atoms with Crippen molar-refractivity contribution < 1.29 is 27.0 Å². The highest BCUT2D eigenvalue weighted by Gasteiger charge is 2.33. The molecular weight excluding hydrogens is 1060 g/mol. The smallest absolute Gasteiger partial charge is 0.405 e. The van der Waals surface area contributed by atoms with Gasteiger partial charge < -0.3 is 13.3 Å². The van der Waals surface area contributed by atoms with Gasteiger partial charge in [-0.3, -0.25) is 14.4 Å². The van der Waals surface area contributed by atoms with Gasteiger partial charge in [0.1, 0.15) is 17.0 Å². The van der Waals surface area contributed by atoms with Gasteiger partial charge >= 0.3 is 20.5 Å². The van der Waals surface area contributed by atoms with Crippen LogP contribution in [0.25, 0.3) is 103 Å². The van der Waals surface area contributed by atoms with Crippen LogP contribution in [0.5, 0.6) is 0 Å². The van der Waals surface area contributed by atoms with Crippen LogP contribution in [0.2, 0.25) is 20.5 Å². The minimum absolute atomic E-state index is 0.168. The lowest BCUT2D eigenvalue weighted by Gasteiger charge is -2.20. The van der Waals surface area contributed by atoms with E-state index in [9.17, 15) is 0 Å². The van der Waals surface area contributed by atoms with E-state index in [1.54, 1.807) is 0 Å². The van der Waals surface area contributed by atoms with Crippen molar-refractivity contribution in [3.8, 4) is 33.4 Å². The second-order valence-corrected chi connectivity index (χ2v) is 23.0. The molecule has 0 aliphatic carbocycles. The molecule has 0 spiro atoms. The lowest BCUT2D eigenvalue weighted by atomic mass is 9.61. The molecule has 12 nitrogen and oxygen atoms in total. The lowest BCUT2D eigenvalue weighted by molar-refractivity contribution is -0.658. The first-order chi connectivity index (χ1) is 41.6. The Bertz CT molecular complexity index is 5030. The summed E-state index contributed by atoms with van der Waals surface area (Å²) < 4.78 is 24.7. The predicted molar refractivity (Wildman–Crippen MR) is 352 cm³/mol. The second kappa shape index (κ2) is 22.5. The molecule has 0 saturated carbocycles. The zero-order valence-electron chi connectivity index (χ0n) is 50.6. The average molecular weight is 1130 g/mol. The van der Waals surface area contributed by atoms with E-state index in [1.165, 1.54) is 44.5 Å². The van der Waals surface area contributed by atoms with Crippen LogP contribution in [-0.4, -0.2) is 35.5 Å². The number of furan rings is 3. The number of hydrogen-bond donors (Lipinski definition) is 0. The first-order valence-corrected chi connectivity index (χ1v) is 29.4. The largest absolute Gasteiger partial charge is 0.439 e. The fourth-order valence-electron chi connectivity index (χ4n) is 12.1. The number of fused-ring (bicyclic) bond motifs is 9. The molecule has 3 aliphatic heterocycles. The van der Waals surface area contributed by atoms with E-state index in [1.807, 2.05) is 45.0 Å². The van der Waals surface area contributed by atoms with Crippen LogP contribution in [0.15, 0.2) is 184 Å². The summed E-state index contributed by atoms with van der Waals surface area (Å²) in [4.78, 5) is 20.5. The number of anilines is 3. The van der Waals surface area contributed by atoms with Crippen LogP contribution in [0.1, 0.15) is 28.2 Å².